The molecule has 5 heteroatoms. The number of amides is 1. The molecule has 1 amide bonds. The predicted molar refractivity (Wildman–Crippen MR) is 63.7 cm³/mol. The van der Waals surface area contributed by atoms with Gasteiger partial charge in [0.2, 0.25) is 5.91 Å². The van der Waals surface area contributed by atoms with Crippen LogP contribution < -0.4 is 14.8 Å². The molecule has 1 N–H and O–H groups in total. The zero-order valence-corrected chi connectivity index (χ0v) is 9.98. The van der Waals surface area contributed by atoms with Crippen LogP contribution in [0.2, 0.25) is 0 Å². The maximum absolute atomic E-state index is 11.4. The molecule has 0 spiro atoms. The monoisotopic (exact) mass is 234 g/mol. The van der Waals surface area contributed by atoms with Gasteiger partial charge in [-0.2, -0.15) is 0 Å². The number of hydrogen-bond acceptors (Lipinski definition) is 4. The number of carbonyl (C=O) groups excluding carboxylic acids is 1. The minimum absolute atomic E-state index is 0.0956. The van der Waals surface area contributed by atoms with E-state index in [1.165, 1.54) is 0 Å². The van der Waals surface area contributed by atoms with Crippen LogP contribution >= 0.6 is 0 Å². The molecule has 1 aliphatic rings. The molecule has 1 unspecified atom stereocenters. The van der Waals surface area contributed by atoms with Gasteiger partial charge in [0.1, 0.15) is 23.4 Å². The molecule has 5 nitrogen and oxygen atoms in total. The lowest BCUT2D eigenvalue weighted by Crippen LogP contribution is -2.27. The smallest absolute Gasteiger partial charge is 0.250 e. The van der Waals surface area contributed by atoms with Gasteiger partial charge in [0.25, 0.3) is 0 Å². The summed E-state index contributed by atoms with van der Waals surface area (Å²) < 4.78 is 10.3. The third-order valence-electron chi connectivity index (χ3n) is 2.57. The van der Waals surface area contributed by atoms with E-state index in [1.807, 2.05) is 0 Å². The second-order valence-corrected chi connectivity index (χ2v) is 3.74. The number of nitrogens with one attached hydrogen (secondary N) is 1. The Kier molecular flexibility index (Phi) is 2.99. The molecule has 1 heterocycles. The van der Waals surface area contributed by atoms with Crippen molar-refractivity contribution in [2.24, 2.45) is 4.99 Å². The first kappa shape index (κ1) is 11.4. The first-order valence-electron chi connectivity index (χ1n) is 5.26. The molecular formula is C12H14N2O3. The normalized spacial score (nSPS) is 18.6. The second-order valence-electron chi connectivity index (χ2n) is 3.74. The minimum atomic E-state index is -0.345. The van der Waals surface area contributed by atoms with Crippen LogP contribution in [0.5, 0.6) is 11.5 Å². The number of carbonyl (C=O) groups is 1. The third-order valence-corrected chi connectivity index (χ3v) is 2.57. The molecule has 0 aliphatic carbocycles. The van der Waals surface area contributed by atoms with Crippen LogP contribution in [0.4, 0.5) is 0 Å². The number of ether oxygens (including phenoxy) is 2. The van der Waals surface area contributed by atoms with Crippen molar-refractivity contribution >= 4 is 11.7 Å². The number of aliphatic imine (C=N–C) groups is 1. The van der Waals surface area contributed by atoms with E-state index in [4.69, 9.17) is 9.47 Å². The summed E-state index contributed by atoms with van der Waals surface area (Å²) in [4.78, 5) is 15.6. The van der Waals surface area contributed by atoms with E-state index in [2.05, 4.69) is 10.3 Å². The lowest BCUT2D eigenvalue weighted by Gasteiger charge is -2.08. The number of amidine groups is 1. The van der Waals surface area contributed by atoms with Gasteiger partial charge in [0.05, 0.1) is 14.2 Å². The number of benzene rings is 1. The number of methoxy groups -OCH3 is 2. The summed E-state index contributed by atoms with van der Waals surface area (Å²) in [6, 6.07) is 5.03. The topological polar surface area (TPSA) is 59.9 Å². The highest BCUT2D eigenvalue weighted by molar-refractivity contribution is 6.13. The van der Waals surface area contributed by atoms with Crippen molar-refractivity contribution in [3.8, 4) is 11.5 Å². The van der Waals surface area contributed by atoms with Gasteiger partial charge in [-0.1, -0.05) is 0 Å². The summed E-state index contributed by atoms with van der Waals surface area (Å²) in [6.45, 7) is 1.75. The van der Waals surface area contributed by atoms with Gasteiger partial charge in [-0.05, 0) is 19.1 Å². The lowest BCUT2D eigenvalue weighted by molar-refractivity contribution is -0.119. The molecule has 2 rings (SSSR count). The molecule has 1 aromatic rings. The lowest BCUT2D eigenvalue weighted by atomic mass is 10.2. The summed E-state index contributed by atoms with van der Waals surface area (Å²) in [6.07, 6.45) is 0. The van der Waals surface area contributed by atoms with E-state index in [0.29, 0.717) is 17.3 Å². The van der Waals surface area contributed by atoms with Crippen LogP contribution in [0.1, 0.15) is 12.5 Å². The Balaban J connectivity index is 2.39. The number of nitrogens with zero attached hydrogens (tertiary/aromatic N) is 1. The molecule has 1 atom stereocenters. The van der Waals surface area contributed by atoms with Crippen molar-refractivity contribution in [3.63, 3.8) is 0 Å². The van der Waals surface area contributed by atoms with E-state index in [9.17, 15) is 4.79 Å². The van der Waals surface area contributed by atoms with Crippen LogP contribution in [-0.4, -0.2) is 32.0 Å². The Morgan fingerprint density at radius 3 is 2.18 bits per heavy atom. The predicted octanol–water partition coefficient (Wildman–Crippen LogP) is 0.969. The first-order valence-corrected chi connectivity index (χ1v) is 5.26. The van der Waals surface area contributed by atoms with Crippen LogP contribution in [0.25, 0.3) is 0 Å². The highest BCUT2D eigenvalue weighted by Gasteiger charge is 2.23. The van der Waals surface area contributed by atoms with Gasteiger partial charge >= 0.3 is 0 Å². The molecule has 90 valence electrons. The molecule has 17 heavy (non-hydrogen) atoms. The van der Waals surface area contributed by atoms with E-state index in [0.717, 1.165) is 5.56 Å². The first-order chi connectivity index (χ1) is 8.13. The Labute approximate surface area is 99.4 Å². The van der Waals surface area contributed by atoms with Crippen molar-refractivity contribution in [1.29, 1.82) is 0 Å². The van der Waals surface area contributed by atoms with E-state index in [-0.39, 0.29) is 11.9 Å². The molecule has 0 aromatic heterocycles. The standard InChI is InChI=1S/C12H14N2O3/c1-7-12(15)14-11(13-7)8-4-9(16-2)6-10(5-8)17-3/h4-7H,1-3H3,(H,13,14,15). The molecule has 1 aromatic carbocycles. The molecule has 0 fully saturated rings. The van der Waals surface area contributed by atoms with Crippen molar-refractivity contribution < 1.29 is 14.3 Å². The summed E-state index contributed by atoms with van der Waals surface area (Å²) in [5.41, 5.74) is 0.777. The van der Waals surface area contributed by atoms with Gasteiger partial charge in [-0.15, -0.1) is 0 Å². The Morgan fingerprint density at radius 1 is 1.18 bits per heavy atom. The Hall–Kier alpha value is -2.04. The highest BCUT2D eigenvalue weighted by atomic mass is 16.5. The fourth-order valence-electron chi connectivity index (χ4n) is 1.60. The zero-order valence-electron chi connectivity index (χ0n) is 9.98. The third kappa shape index (κ3) is 2.22. The van der Waals surface area contributed by atoms with Crippen LogP contribution in [0.3, 0.4) is 0 Å². The van der Waals surface area contributed by atoms with Crippen molar-refractivity contribution in [2.45, 2.75) is 13.0 Å². The number of hydrogen-bond donors (Lipinski definition) is 1. The molecule has 0 bridgehead atoms. The largest absolute Gasteiger partial charge is 0.497 e. The number of rotatable bonds is 3. The van der Waals surface area contributed by atoms with Crippen LogP contribution in [-0.2, 0) is 4.79 Å². The second kappa shape index (κ2) is 4.45. The quantitative estimate of drug-likeness (QED) is 0.847. The molecular weight excluding hydrogens is 220 g/mol. The fraction of sp³-hybridized carbons (Fsp3) is 0.333. The SMILES string of the molecule is COc1cc(OC)cc(C2=NC(C)C(=O)N2)c1. The van der Waals surface area contributed by atoms with Crippen LogP contribution in [0, 0.1) is 0 Å². The van der Waals surface area contributed by atoms with Crippen molar-refractivity contribution in [3.05, 3.63) is 23.8 Å². The molecule has 0 radical (unpaired) electrons. The summed E-state index contributed by atoms with van der Waals surface area (Å²) in [7, 11) is 3.16. The summed E-state index contributed by atoms with van der Waals surface area (Å²) >= 11 is 0. The zero-order chi connectivity index (χ0) is 12.4. The minimum Gasteiger partial charge on any atom is -0.497 e. The Bertz CT molecular complexity index is 460. The van der Waals surface area contributed by atoms with E-state index in [1.54, 1.807) is 39.3 Å². The molecule has 0 saturated heterocycles. The van der Waals surface area contributed by atoms with Crippen LogP contribution in [0.15, 0.2) is 23.2 Å². The van der Waals surface area contributed by atoms with Gasteiger partial charge in [-0.3, -0.25) is 9.79 Å². The van der Waals surface area contributed by atoms with Crippen molar-refractivity contribution in [1.82, 2.24) is 5.32 Å². The highest BCUT2D eigenvalue weighted by Crippen LogP contribution is 2.23. The van der Waals surface area contributed by atoms with Crippen molar-refractivity contribution in [2.75, 3.05) is 14.2 Å². The van der Waals surface area contributed by atoms with E-state index < -0.39 is 0 Å². The van der Waals surface area contributed by atoms with Gasteiger partial charge < -0.3 is 14.8 Å². The fourth-order valence-corrected chi connectivity index (χ4v) is 1.60. The summed E-state index contributed by atoms with van der Waals surface area (Å²) in [5, 5.41) is 2.72. The van der Waals surface area contributed by atoms with E-state index >= 15 is 0 Å². The maximum atomic E-state index is 11.4. The maximum Gasteiger partial charge on any atom is 0.250 e. The van der Waals surface area contributed by atoms with Gasteiger partial charge in [0, 0.05) is 11.6 Å². The molecule has 1 aliphatic heterocycles. The van der Waals surface area contributed by atoms with Gasteiger partial charge in [-0.25, -0.2) is 0 Å². The Morgan fingerprint density at radius 2 is 1.76 bits per heavy atom. The molecule has 0 saturated carbocycles. The summed E-state index contributed by atoms with van der Waals surface area (Å²) in [5.74, 6) is 1.79. The average molecular weight is 234 g/mol. The average Bonchev–Trinajstić information content (AvgIpc) is 2.69. The van der Waals surface area contributed by atoms with Gasteiger partial charge in [0.15, 0.2) is 0 Å².